The van der Waals surface area contributed by atoms with E-state index in [1.807, 2.05) is 22.7 Å². The van der Waals surface area contributed by atoms with Crippen LogP contribution in [0.1, 0.15) is 244 Å². The highest BCUT2D eigenvalue weighted by Crippen LogP contribution is 2.47. The van der Waals surface area contributed by atoms with Gasteiger partial charge in [0.05, 0.1) is 24.3 Å². The van der Waals surface area contributed by atoms with E-state index in [2.05, 4.69) is 77.8 Å². The first kappa shape index (κ1) is 54.3. The van der Waals surface area contributed by atoms with Gasteiger partial charge in [-0.05, 0) is 85.9 Å². The molecule has 0 N–H and O–H groups in total. The predicted octanol–water partition coefficient (Wildman–Crippen LogP) is 22.2. The van der Waals surface area contributed by atoms with Gasteiger partial charge in [0.2, 0.25) is 0 Å². The summed E-state index contributed by atoms with van der Waals surface area (Å²) in [5, 5.41) is 0.782. The van der Waals surface area contributed by atoms with Gasteiger partial charge in [-0.15, -0.1) is 22.7 Å². The fraction of sp³-hybridized carbons (Fsp3) is 0.741. The molecule has 2 nitrogen and oxygen atoms in total. The van der Waals surface area contributed by atoms with Crippen molar-refractivity contribution < 1.29 is 0 Å². The average molecular weight is 1050 g/mol. The highest BCUT2D eigenvalue weighted by Gasteiger charge is 2.23. The van der Waals surface area contributed by atoms with Crippen LogP contribution in [-0.4, -0.2) is 8.75 Å². The highest BCUT2D eigenvalue weighted by atomic mass is 79.9. The van der Waals surface area contributed by atoms with Crippen molar-refractivity contribution in [1.29, 1.82) is 0 Å². The standard InChI is InChI=1S/C54H85Br2ClN2S3/c1-5-9-13-17-21-23-27-31-35-42(33-29-25-19-15-11-7-3)37-44-39-48(60-53(44)55)46-41-47(57)50(52-51(46)58-62-59-52)49-40-45(54(56)61-49)38-43(34-30-26-20-16-12-8-4)36-32-28-24-22-18-14-10-6-2/h39-43H,5-38H2,1-4H3. The van der Waals surface area contributed by atoms with Gasteiger partial charge in [-0.2, -0.15) is 8.75 Å². The van der Waals surface area contributed by atoms with Gasteiger partial charge < -0.3 is 0 Å². The summed E-state index contributed by atoms with van der Waals surface area (Å²) in [5.41, 5.74) is 6.99. The molecule has 2 unspecified atom stereocenters. The van der Waals surface area contributed by atoms with Crippen molar-refractivity contribution in [3.05, 3.63) is 41.9 Å². The van der Waals surface area contributed by atoms with E-state index in [0.29, 0.717) is 0 Å². The van der Waals surface area contributed by atoms with Crippen LogP contribution in [0.3, 0.4) is 0 Å². The number of nitrogens with zero attached hydrogens (tertiary/aromatic N) is 2. The van der Waals surface area contributed by atoms with E-state index in [1.54, 1.807) is 0 Å². The Kier molecular flexibility index (Phi) is 29.1. The molecule has 0 fully saturated rings. The van der Waals surface area contributed by atoms with Crippen LogP contribution in [0.5, 0.6) is 0 Å². The van der Waals surface area contributed by atoms with Gasteiger partial charge in [0.15, 0.2) is 0 Å². The molecule has 4 aromatic rings. The molecule has 0 spiro atoms. The third-order valence-corrected chi connectivity index (χ3v) is 18.2. The smallest absolute Gasteiger partial charge is 0.115 e. The minimum absolute atomic E-state index is 0.732. The summed E-state index contributed by atoms with van der Waals surface area (Å²) >= 11 is 20.4. The molecule has 0 aliphatic heterocycles. The van der Waals surface area contributed by atoms with Crippen molar-refractivity contribution in [3.8, 4) is 20.9 Å². The zero-order valence-electron chi connectivity index (χ0n) is 39.7. The first-order valence-corrected chi connectivity index (χ1v) is 30.2. The van der Waals surface area contributed by atoms with Gasteiger partial charge >= 0.3 is 0 Å². The molecule has 4 rings (SSSR count). The van der Waals surface area contributed by atoms with Gasteiger partial charge in [-0.25, -0.2) is 0 Å². The fourth-order valence-corrected chi connectivity index (χ4v) is 14.0. The molecular formula is C54H85Br2ClN2S3. The number of halogens is 3. The van der Waals surface area contributed by atoms with Crippen molar-refractivity contribution in [1.82, 2.24) is 8.75 Å². The van der Waals surface area contributed by atoms with Gasteiger partial charge in [0, 0.05) is 20.9 Å². The van der Waals surface area contributed by atoms with Crippen molar-refractivity contribution in [2.24, 2.45) is 11.8 Å². The Morgan fingerprint density at radius 1 is 0.452 bits per heavy atom. The molecule has 8 heteroatoms. The summed E-state index contributed by atoms with van der Waals surface area (Å²) in [5.74, 6) is 1.47. The second-order valence-electron chi connectivity index (χ2n) is 18.8. The largest absolute Gasteiger partial charge is 0.172 e. The van der Waals surface area contributed by atoms with Gasteiger partial charge in [-0.1, -0.05) is 245 Å². The Hall–Kier alpha value is -0.310. The van der Waals surface area contributed by atoms with Crippen molar-refractivity contribution >= 4 is 88.9 Å². The van der Waals surface area contributed by atoms with Crippen molar-refractivity contribution in [2.75, 3.05) is 0 Å². The lowest BCUT2D eigenvalue weighted by molar-refractivity contribution is 0.400. The summed E-state index contributed by atoms with van der Waals surface area (Å²) in [7, 11) is 0. The van der Waals surface area contributed by atoms with Crippen LogP contribution >= 0.6 is 77.9 Å². The molecule has 0 saturated carbocycles. The van der Waals surface area contributed by atoms with Gasteiger partial charge in [0.25, 0.3) is 0 Å². The fourth-order valence-electron chi connectivity index (χ4n) is 9.56. The molecule has 0 amide bonds. The molecule has 2 atom stereocenters. The summed E-state index contributed by atoms with van der Waals surface area (Å²) in [6.45, 7) is 9.25. The molecule has 0 bridgehead atoms. The number of benzene rings is 1. The van der Waals surface area contributed by atoms with Crippen LogP contribution in [0, 0.1) is 11.8 Å². The maximum Gasteiger partial charge on any atom is 0.115 e. The van der Waals surface area contributed by atoms with Crippen LogP contribution < -0.4 is 0 Å². The minimum Gasteiger partial charge on any atom is -0.172 e. The number of rotatable bonds is 38. The molecule has 0 saturated heterocycles. The Morgan fingerprint density at radius 3 is 1.19 bits per heavy atom. The van der Waals surface area contributed by atoms with Crippen molar-refractivity contribution in [3.63, 3.8) is 0 Å². The summed E-state index contributed by atoms with van der Waals surface area (Å²) in [6.07, 6.45) is 46.3. The Labute approximate surface area is 415 Å². The zero-order chi connectivity index (χ0) is 44.2. The van der Waals surface area contributed by atoms with Gasteiger partial charge in [-0.3, -0.25) is 0 Å². The average Bonchev–Trinajstić information content (AvgIpc) is 4.00. The summed E-state index contributed by atoms with van der Waals surface area (Å²) in [4.78, 5) is 2.45. The van der Waals surface area contributed by atoms with Crippen LogP contribution in [-0.2, 0) is 12.8 Å². The quantitative estimate of drug-likeness (QED) is 0.0418. The van der Waals surface area contributed by atoms with E-state index in [1.165, 1.54) is 246 Å². The zero-order valence-corrected chi connectivity index (χ0v) is 46.1. The molecule has 0 aliphatic carbocycles. The second kappa shape index (κ2) is 33.2. The molecule has 1 aromatic carbocycles. The maximum absolute atomic E-state index is 7.35. The third-order valence-electron chi connectivity index (χ3n) is 13.4. The van der Waals surface area contributed by atoms with E-state index in [9.17, 15) is 0 Å². The normalized spacial score (nSPS) is 12.9. The first-order chi connectivity index (χ1) is 30.4. The second-order valence-corrected chi connectivity index (χ2v) is 24.5. The lowest BCUT2D eigenvalue weighted by Gasteiger charge is -2.17. The van der Waals surface area contributed by atoms with E-state index < -0.39 is 0 Å². The number of aromatic nitrogens is 2. The molecule has 0 radical (unpaired) electrons. The minimum atomic E-state index is 0.732. The Balaban J connectivity index is 1.46. The monoisotopic (exact) mass is 1050 g/mol. The van der Waals surface area contributed by atoms with E-state index in [0.717, 1.165) is 51.9 Å². The first-order valence-electron chi connectivity index (χ1n) is 25.9. The van der Waals surface area contributed by atoms with Crippen LogP contribution in [0.4, 0.5) is 0 Å². The SMILES string of the molecule is CCCCCCCCCCC(CCCCCCCC)Cc1cc(-c2cc(Cl)c(-c3cc(CC(CCCCCCCC)CCCCCCCCCC)c(Br)s3)c3nsnc23)sc1Br. The van der Waals surface area contributed by atoms with E-state index >= 15 is 0 Å². The number of thiophene rings is 2. The third kappa shape index (κ3) is 19.9. The lowest BCUT2D eigenvalue weighted by atomic mass is 9.89. The molecule has 0 aliphatic rings. The van der Waals surface area contributed by atoms with Crippen LogP contribution in [0.2, 0.25) is 5.02 Å². The Bertz CT molecular complexity index is 1750. The van der Waals surface area contributed by atoms with Gasteiger partial charge in [0.1, 0.15) is 11.0 Å². The summed E-state index contributed by atoms with van der Waals surface area (Å²) < 4.78 is 12.4. The number of unbranched alkanes of at least 4 members (excludes halogenated alkanes) is 24. The van der Waals surface area contributed by atoms with Crippen LogP contribution in [0.15, 0.2) is 25.8 Å². The number of hydrogen-bond donors (Lipinski definition) is 0. The van der Waals surface area contributed by atoms with Crippen molar-refractivity contribution in [2.45, 2.75) is 246 Å². The van der Waals surface area contributed by atoms with Crippen LogP contribution in [0.25, 0.3) is 31.9 Å². The lowest BCUT2D eigenvalue weighted by Crippen LogP contribution is -2.05. The Morgan fingerprint density at radius 2 is 0.790 bits per heavy atom. The summed E-state index contributed by atoms with van der Waals surface area (Å²) in [6, 6.07) is 7.05. The number of fused-ring (bicyclic) bond motifs is 1. The molecule has 350 valence electrons. The molecule has 3 aromatic heterocycles. The van der Waals surface area contributed by atoms with E-state index in [-0.39, 0.29) is 0 Å². The number of hydrogen-bond acceptors (Lipinski definition) is 5. The molecule has 62 heavy (non-hydrogen) atoms. The maximum atomic E-state index is 7.35. The predicted molar refractivity (Wildman–Crippen MR) is 289 cm³/mol. The highest BCUT2D eigenvalue weighted by molar-refractivity contribution is 9.11. The topological polar surface area (TPSA) is 25.8 Å². The van der Waals surface area contributed by atoms with E-state index in [4.69, 9.17) is 20.3 Å². The molecular weight excluding hydrogens is 968 g/mol. The molecule has 3 heterocycles.